The summed E-state index contributed by atoms with van der Waals surface area (Å²) in [7, 11) is -3.06. The van der Waals surface area contributed by atoms with Crippen LogP contribution in [-0.4, -0.2) is 37.7 Å². The maximum atomic E-state index is 12.7. The molecule has 3 aromatic carbocycles. The van der Waals surface area contributed by atoms with Crippen LogP contribution in [0.2, 0.25) is 0 Å². The third-order valence-corrected chi connectivity index (χ3v) is 7.76. The summed E-state index contributed by atoms with van der Waals surface area (Å²) in [6.45, 7) is 12.2. The summed E-state index contributed by atoms with van der Waals surface area (Å²) in [4.78, 5) is 22.5. The standard InChI is InChI=1S/C31H37N3O8S/c1-30(2,3)24-15-20(16-25(29(24)36)31(4,5)6)12-14-28(35)33-32-19-21-11-13-26(27(17-21)41-7)42-43(39,40)23-10-8-9-22(18-23)34(37)38/h8-11,13,15-19,36H,12,14H2,1-7H3,(H,33,35)/b32-19-. The van der Waals surface area contributed by atoms with E-state index in [1.165, 1.54) is 49.7 Å². The summed E-state index contributed by atoms with van der Waals surface area (Å²) in [5, 5.41) is 25.9. The van der Waals surface area contributed by atoms with Gasteiger partial charge < -0.3 is 14.0 Å². The fraction of sp³-hybridized carbons (Fsp3) is 0.355. The molecule has 3 rings (SSSR count). The van der Waals surface area contributed by atoms with Gasteiger partial charge in [0.1, 0.15) is 10.6 Å². The van der Waals surface area contributed by atoms with Gasteiger partial charge in [-0.15, -0.1) is 0 Å². The minimum Gasteiger partial charge on any atom is -0.507 e. The SMILES string of the molecule is COc1cc(/C=N\NC(=O)CCc2cc(C(C)(C)C)c(O)c(C(C)(C)C)c2)ccc1OS(=O)(=O)c1cccc([N+](=O)[O-])c1. The first-order valence-electron chi connectivity index (χ1n) is 13.5. The maximum Gasteiger partial charge on any atom is 0.339 e. The Morgan fingerprint density at radius 2 is 1.63 bits per heavy atom. The van der Waals surface area contributed by atoms with Gasteiger partial charge in [-0.1, -0.05) is 59.7 Å². The van der Waals surface area contributed by atoms with Crippen molar-refractivity contribution in [3.8, 4) is 17.2 Å². The smallest absolute Gasteiger partial charge is 0.339 e. The first-order valence-corrected chi connectivity index (χ1v) is 14.9. The monoisotopic (exact) mass is 611 g/mol. The maximum absolute atomic E-state index is 12.7. The van der Waals surface area contributed by atoms with E-state index in [1.807, 2.05) is 53.7 Å². The van der Waals surface area contributed by atoms with Crippen LogP contribution in [0.1, 0.15) is 70.2 Å². The summed E-state index contributed by atoms with van der Waals surface area (Å²) in [6.07, 6.45) is 1.99. The van der Waals surface area contributed by atoms with Crippen LogP contribution >= 0.6 is 0 Å². The predicted octanol–water partition coefficient (Wildman–Crippen LogP) is 5.75. The Labute approximate surface area is 251 Å². The number of nitrogens with zero attached hydrogens (tertiary/aromatic N) is 2. The Morgan fingerprint density at radius 3 is 2.19 bits per heavy atom. The van der Waals surface area contributed by atoms with Gasteiger partial charge in [0.2, 0.25) is 5.91 Å². The van der Waals surface area contributed by atoms with Crippen LogP contribution in [-0.2, 0) is 32.2 Å². The van der Waals surface area contributed by atoms with E-state index in [-0.39, 0.29) is 45.3 Å². The molecule has 230 valence electrons. The van der Waals surface area contributed by atoms with Gasteiger partial charge in [0.25, 0.3) is 5.69 Å². The number of phenolic OH excluding ortho intramolecular Hbond substituents is 1. The number of hydrogen-bond donors (Lipinski definition) is 2. The third-order valence-electron chi connectivity index (χ3n) is 6.53. The van der Waals surface area contributed by atoms with E-state index in [0.717, 1.165) is 22.8 Å². The topological polar surface area (TPSA) is 157 Å². The molecule has 0 aliphatic heterocycles. The summed E-state index contributed by atoms with van der Waals surface area (Å²) in [6, 6.07) is 12.7. The number of carbonyl (C=O) groups excluding carboxylic acids is 1. The predicted molar refractivity (Wildman–Crippen MR) is 163 cm³/mol. The number of nitro groups is 1. The Morgan fingerprint density at radius 1 is 1.00 bits per heavy atom. The first-order chi connectivity index (χ1) is 19.9. The van der Waals surface area contributed by atoms with Crippen LogP contribution in [0, 0.1) is 10.1 Å². The lowest BCUT2D eigenvalue weighted by Gasteiger charge is -2.28. The molecule has 3 aromatic rings. The van der Waals surface area contributed by atoms with Crippen molar-refractivity contribution >= 4 is 27.9 Å². The lowest BCUT2D eigenvalue weighted by atomic mass is 9.78. The minimum absolute atomic E-state index is 0.0703. The van der Waals surface area contributed by atoms with Crippen LogP contribution in [0.25, 0.3) is 0 Å². The molecule has 0 atom stereocenters. The second-order valence-corrected chi connectivity index (χ2v) is 13.6. The summed E-state index contributed by atoms with van der Waals surface area (Å²) < 4.78 is 35.8. The second-order valence-electron chi connectivity index (χ2n) is 12.0. The molecule has 0 saturated carbocycles. The zero-order chi connectivity index (χ0) is 32.2. The first kappa shape index (κ1) is 33.1. The van der Waals surface area contributed by atoms with Gasteiger partial charge >= 0.3 is 10.1 Å². The molecule has 0 heterocycles. The van der Waals surface area contributed by atoms with Crippen LogP contribution in [0.4, 0.5) is 5.69 Å². The molecule has 0 aromatic heterocycles. The van der Waals surface area contributed by atoms with E-state index in [9.17, 15) is 28.4 Å². The summed E-state index contributed by atoms with van der Waals surface area (Å²) >= 11 is 0. The number of aryl methyl sites for hydroxylation is 1. The van der Waals surface area contributed by atoms with Crippen LogP contribution in [0.5, 0.6) is 17.2 Å². The van der Waals surface area contributed by atoms with Crippen molar-refractivity contribution < 1.29 is 32.2 Å². The van der Waals surface area contributed by atoms with Crippen molar-refractivity contribution in [2.75, 3.05) is 7.11 Å². The molecule has 12 heteroatoms. The molecule has 0 fully saturated rings. The van der Waals surface area contributed by atoms with Crippen molar-refractivity contribution in [1.82, 2.24) is 5.43 Å². The number of amides is 1. The number of phenols is 1. The highest BCUT2D eigenvalue weighted by Gasteiger charge is 2.27. The van der Waals surface area contributed by atoms with Crippen molar-refractivity contribution in [2.24, 2.45) is 5.10 Å². The second kappa shape index (κ2) is 12.8. The van der Waals surface area contributed by atoms with Crippen molar-refractivity contribution in [3.05, 3.63) is 87.0 Å². The Bertz CT molecular complexity index is 1620. The van der Waals surface area contributed by atoms with Crippen molar-refractivity contribution in [3.63, 3.8) is 0 Å². The lowest BCUT2D eigenvalue weighted by Crippen LogP contribution is -2.20. The minimum atomic E-state index is -4.39. The van der Waals surface area contributed by atoms with Crippen LogP contribution in [0.3, 0.4) is 0 Å². The number of non-ortho nitro benzene ring substituents is 1. The van der Waals surface area contributed by atoms with Crippen LogP contribution in [0.15, 0.2) is 64.6 Å². The fourth-order valence-corrected chi connectivity index (χ4v) is 5.21. The molecule has 0 bridgehead atoms. The van der Waals surface area contributed by atoms with E-state index < -0.39 is 20.7 Å². The average Bonchev–Trinajstić information content (AvgIpc) is 2.91. The Hall–Kier alpha value is -4.45. The number of carbonyl (C=O) groups is 1. The van der Waals surface area contributed by atoms with Gasteiger partial charge in [-0.05, 0) is 63.8 Å². The van der Waals surface area contributed by atoms with Crippen molar-refractivity contribution in [2.45, 2.75) is 70.1 Å². The zero-order valence-electron chi connectivity index (χ0n) is 25.3. The highest BCUT2D eigenvalue weighted by Crippen LogP contribution is 2.40. The Kier molecular flexibility index (Phi) is 9.86. The van der Waals surface area contributed by atoms with E-state index >= 15 is 0 Å². The van der Waals surface area contributed by atoms with Gasteiger partial charge in [-0.25, -0.2) is 5.43 Å². The normalized spacial score (nSPS) is 12.3. The number of methoxy groups -OCH3 is 1. The average molecular weight is 612 g/mol. The van der Waals surface area contributed by atoms with E-state index in [0.29, 0.717) is 12.0 Å². The van der Waals surface area contributed by atoms with Gasteiger partial charge in [0.15, 0.2) is 11.5 Å². The molecule has 1 amide bonds. The third kappa shape index (κ3) is 8.54. The van der Waals surface area contributed by atoms with E-state index in [4.69, 9.17) is 8.92 Å². The van der Waals surface area contributed by atoms with E-state index in [1.54, 1.807) is 0 Å². The highest BCUT2D eigenvalue weighted by molar-refractivity contribution is 7.87. The molecule has 0 unspecified atom stereocenters. The highest BCUT2D eigenvalue weighted by atomic mass is 32.2. The zero-order valence-corrected chi connectivity index (χ0v) is 26.1. The molecular weight excluding hydrogens is 574 g/mol. The molecule has 0 aliphatic carbocycles. The number of ether oxygens (including phenoxy) is 1. The molecular formula is C31H37N3O8S. The lowest BCUT2D eigenvalue weighted by molar-refractivity contribution is -0.385. The summed E-state index contributed by atoms with van der Waals surface area (Å²) in [5.41, 5.74) is 4.62. The molecule has 43 heavy (non-hydrogen) atoms. The molecule has 0 aliphatic rings. The van der Waals surface area contributed by atoms with Gasteiger partial charge in [-0.2, -0.15) is 13.5 Å². The van der Waals surface area contributed by atoms with Gasteiger partial charge in [0, 0.05) is 18.6 Å². The van der Waals surface area contributed by atoms with Gasteiger partial charge in [0.05, 0.1) is 18.2 Å². The number of hydrazone groups is 1. The molecule has 0 saturated heterocycles. The fourth-order valence-electron chi connectivity index (χ4n) is 4.23. The van der Waals surface area contributed by atoms with Crippen LogP contribution < -0.4 is 14.3 Å². The molecule has 0 radical (unpaired) electrons. The molecule has 0 spiro atoms. The quantitative estimate of drug-likeness (QED) is 0.127. The number of nitrogens with one attached hydrogen (secondary N) is 1. The van der Waals surface area contributed by atoms with E-state index in [2.05, 4.69) is 10.5 Å². The van der Waals surface area contributed by atoms with Gasteiger partial charge in [-0.3, -0.25) is 14.9 Å². The van der Waals surface area contributed by atoms with Crippen molar-refractivity contribution in [1.29, 1.82) is 0 Å². The molecule has 11 nitrogen and oxygen atoms in total. The number of aromatic hydroxyl groups is 1. The number of nitro benzene ring substituents is 1. The Balaban J connectivity index is 1.68. The summed E-state index contributed by atoms with van der Waals surface area (Å²) in [5.74, 6) is -0.0885. The number of benzene rings is 3. The number of rotatable bonds is 10. The molecule has 2 N–H and O–H groups in total. The number of hydrogen-bond acceptors (Lipinski definition) is 9. The largest absolute Gasteiger partial charge is 0.507 e.